The molecule has 0 N–H and O–H groups in total. The zero-order valence-corrected chi connectivity index (χ0v) is 22.9. The first kappa shape index (κ1) is 26.9. The Morgan fingerprint density at radius 2 is 1.38 bits per heavy atom. The van der Waals surface area contributed by atoms with Crippen LogP contribution in [0.4, 0.5) is 0 Å². The highest BCUT2D eigenvalue weighted by Gasteiger charge is 2.23. The largest absolute Gasteiger partial charge is 0.490 e. The van der Waals surface area contributed by atoms with Gasteiger partial charge < -0.3 is 9.47 Å². The molecule has 1 aliphatic rings. The molecule has 0 saturated heterocycles. The molecule has 188 valence electrons. The lowest BCUT2D eigenvalue weighted by Crippen LogP contribution is -2.25. The third kappa shape index (κ3) is 7.90. The minimum atomic E-state index is 0.0444. The maximum atomic E-state index is 6.55. The molecule has 1 aromatic heterocycles. The molecular weight excluding hydrogens is 436 g/mol. The summed E-state index contributed by atoms with van der Waals surface area (Å²) in [5.74, 6) is 1.87. The summed E-state index contributed by atoms with van der Waals surface area (Å²) >= 11 is 1.79. The van der Waals surface area contributed by atoms with Crippen molar-refractivity contribution in [3.63, 3.8) is 0 Å². The first-order valence-corrected chi connectivity index (χ1v) is 14.7. The monoisotopic (exact) mass is 482 g/mol. The van der Waals surface area contributed by atoms with Gasteiger partial charge in [0.1, 0.15) is 0 Å². The molecule has 2 nitrogen and oxygen atoms in total. The van der Waals surface area contributed by atoms with Crippen molar-refractivity contribution in [2.75, 3.05) is 13.2 Å². The van der Waals surface area contributed by atoms with E-state index in [0.717, 1.165) is 37.6 Å². The lowest BCUT2D eigenvalue weighted by molar-refractivity contribution is 0.259. The van der Waals surface area contributed by atoms with Gasteiger partial charge in [0.15, 0.2) is 11.5 Å². The van der Waals surface area contributed by atoms with Gasteiger partial charge in [-0.1, -0.05) is 110 Å². The molecule has 0 atom stereocenters. The third-order valence-electron chi connectivity index (χ3n) is 6.63. The van der Waals surface area contributed by atoms with Gasteiger partial charge in [-0.25, -0.2) is 0 Å². The molecule has 34 heavy (non-hydrogen) atoms. The van der Waals surface area contributed by atoms with Crippen LogP contribution in [0.2, 0.25) is 0 Å². The average molecular weight is 483 g/mol. The summed E-state index contributed by atoms with van der Waals surface area (Å²) in [6.07, 6.45) is 20.0. The van der Waals surface area contributed by atoms with Gasteiger partial charge in [0.25, 0.3) is 0 Å². The van der Waals surface area contributed by atoms with E-state index >= 15 is 0 Å². The molecule has 0 amide bonds. The van der Waals surface area contributed by atoms with E-state index in [-0.39, 0.29) is 5.41 Å². The van der Waals surface area contributed by atoms with Crippen LogP contribution >= 0.6 is 11.3 Å². The van der Waals surface area contributed by atoms with Crippen LogP contribution in [0, 0.1) is 5.41 Å². The van der Waals surface area contributed by atoms with E-state index in [9.17, 15) is 0 Å². The maximum absolute atomic E-state index is 6.55. The molecule has 3 rings (SSSR count). The molecule has 1 heterocycles. The fourth-order valence-electron chi connectivity index (χ4n) is 4.80. The van der Waals surface area contributed by atoms with Crippen LogP contribution in [0.5, 0.6) is 11.5 Å². The Morgan fingerprint density at radius 1 is 0.765 bits per heavy atom. The predicted octanol–water partition coefficient (Wildman–Crippen LogP) is 8.49. The number of rotatable bonds is 17. The molecule has 3 heteroatoms. The van der Waals surface area contributed by atoms with Crippen molar-refractivity contribution < 1.29 is 9.47 Å². The molecule has 1 aromatic carbocycles. The van der Waals surface area contributed by atoms with Crippen LogP contribution in [-0.2, 0) is 0 Å². The van der Waals surface area contributed by atoms with Gasteiger partial charge in [-0.2, -0.15) is 0 Å². The first-order chi connectivity index (χ1) is 16.6. The molecule has 0 aliphatic heterocycles. The van der Waals surface area contributed by atoms with Gasteiger partial charge in [0.2, 0.25) is 0 Å². The van der Waals surface area contributed by atoms with Gasteiger partial charge in [-0.15, -0.1) is 11.3 Å². The summed E-state index contributed by atoms with van der Waals surface area (Å²) in [7, 11) is 0. The fraction of sp³-hybridized carbons (Fsp3) is 0.613. The van der Waals surface area contributed by atoms with Gasteiger partial charge in [0.05, 0.1) is 13.2 Å². The molecule has 1 aliphatic carbocycles. The number of hydrogen-bond donors (Lipinski definition) is 0. The molecule has 0 unspecified atom stereocenters. The minimum Gasteiger partial charge on any atom is -0.490 e. The first-order valence-electron chi connectivity index (χ1n) is 13.8. The predicted molar refractivity (Wildman–Crippen MR) is 149 cm³/mol. The van der Waals surface area contributed by atoms with Crippen molar-refractivity contribution in [1.29, 1.82) is 0 Å². The summed E-state index contributed by atoms with van der Waals surface area (Å²) in [5.41, 5.74) is 1.27. The lowest BCUT2D eigenvalue weighted by Gasteiger charge is -2.17. The van der Waals surface area contributed by atoms with Gasteiger partial charge in [-0.05, 0) is 40.8 Å². The van der Waals surface area contributed by atoms with Crippen molar-refractivity contribution in [2.45, 2.75) is 105 Å². The van der Waals surface area contributed by atoms with Crippen LogP contribution in [0.3, 0.4) is 0 Å². The highest BCUT2D eigenvalue weighted by molar-refractivity contribution is 7.13. The van der Waals surface area contributed by atoms with Crippen molar-refractivity contribution in [1.82, 2.24) is 0 Å². The quantitative estimate of drug-likeness (QED) is 0.210. The molecule has 0 radical (unpaired) electrons. The summed E-state index contributed by atoms with van der Waals surface area (Å²) in [5, 5.41) is 4.74. The van der Waals surface area contributed by atoms with Crippen LogP contribution in [0.1, 0.15) is 105 Å². The third-order valence-corrected chi connectivity index (χ3v) is 7.52. The van der Waals surface area contributed by atoms with E-state index < -0.39 is 0 Å². The number of hydrogen-bond acceptors (Lipinski definition) is 3. The summed E-state index contributed by atoms with van der Waals surface area (Å²) in [6, 6.07) is 6.58. The Morgan fingerprint density at radius 3 is 2.00 bits per heavy atom. The van der Waals surface area contributed by atoms with Crippen molar-refractivity contribution in [3.05, 3.63) is 34.0 Å². The van der Waals surface area contributed by atoms with Gasteiger partial charge in [-0.3, -0.25) is 0 Å². The van der Waals surface area contributed by atoms with E-state index in [1.807, 2.05) is 0 Å². The summed E-state index contributed by atoms with van der Waals surface area (Å²) in [4.78, 5) is 1.27. The summed E-state index contributed by atoms with van der Waals surface area (Å²) < 4.78 is 13.0. The lowest BCUT2D eigenvalue weighted by atomic mass is 9.96. The molecular formula is C31H46O2S. The van der Waals surface area contributed by atoms with Gasteiger partial charge >= 0.3 is 0 Å². The number of fused-ring (bicyclic) bond motifs is 1. The van der Waals surface area contributed by atoms with E-state index in [0.29, 0.717) is 0 Å². The minimum absolute atomic E-state index is 0.0444. The van der Waals surface area contributed by atoms with Crippen molar-refractivity contribution in [3.8, 4) is 21.9 Å². The topological polar surface area (TPSA) is 18.5 Å². The Labute approximate surface area is 212 Å². The Kier molecular flexibility index (Phi) is 11.0. The normalized spacial score (nSPS) is 13.9. The SMILES string of the molecule is CCCCCCCCOc1cc2c(c(-c3cccs3)c1OCCCCCCCC)=CC(C)(C)C=2. The average Bonchev–Trinajstić information content (AvgIpc) is 3.44. The Balaban J connectivity index is 1.79. The van der Waals surface area contributed by atoms with E-state index in [4.69, 9.17) is 9.47 Å². The van der Waals surface area contributed by atoms with Crippen LogP contribution in [0.15, 0.2) is 23.6 Å². The van der Waals surface area contributed by atoms with Crippen molar-refractivity contribution >= 4 is 23.5 Å². The smallest absolute Gasteiger partial charge is 0.170 e. The van der Waals surface area contributed by atoms with E-state index in [2.05, 4.69) is 63.4 Å². The van der Waals surface area contributed by atoms with E-state index in [1.165, 1.54) is 85.1 Å². The highest BCUT2D eigenvalue weighted by Crippen LogP contribution is 2.39. The molecule has 2 aromatic rings. The number of unbranched alkanes of at least 4 members (excludes halogenated alkanes) is 10. The second kappa shape index (κ2) is 14.0. The second-order valence-electron chi connectivity index (χ2n) is 10.4. The number of thiophene rings is 1. The molecule has 0 fully saturated rings. The Bertz CT molecular complexity index is 972. The standard InChI is InChI=1S/C31H46O2S/c1-5-7-9-11-13-15-19-32-27-22-25-23-31(3,4)24-26(25)29(28-18-17-21-34-28)30(27)33-20-16-14-12-10-8-6-2/h17-18,21-24H,5-16,19-20H2,1-4H3. The number of ether oxygens (including phenoxy) is 2. The Hall–Kier alpha value is -1.74. The second-order valence-corrected chi connectivity index (χ2v) is 11.3. The number of benzene rings is 1. The zero-order valence-electron chi connectivity index (χ0n) is 22.1. The molecule has 0 bridgehead atoms. The van der Waals surface area contributed by atoms with Crippen LogP contribution < -0.4 is 19.9 Å². The zero-order chi connectivity index (χ0) is 24.2. The fourth-order valence-corrected chi connectivity index (χ4v) is 5.58. The van der Waals surface area contributed by atoms with Crippen LogP contribution in [-0.4, -0.2) is 13.2 Å². The summed E-state index contributed by atoms with van der Waals surface area (Å²) in [6.45, 7) is 10.6. The molecule has 0 saturated carbocycles. The van der Waals surface area contributed by atoms with Crippen LogP contribution in [0.25, 0.3) is 22.6 Å². The van der Waals surface area contributed by atoms with Gasteiger partial charge in [0, 0.05) is 15.9 Å². The van der Waals surface area contributed by atoms with E-state index in [1.54, 1.807) is 11.3 Å². The van der Waals surface area contributed by atoms with Crippen molar-refractivity contribution in [2.24, 2.45) is 5.41 Å². The maximum Gasteiger partial charge on any atom is 0.170 e. The molecule has 0 spiro atoms. The highest BCUT2D eigenvalue weighted by atomic mass is 32.1.